The van der Waals surface area contributed by atoms with Gasteiger partial charge in [0.15, 0.2) is 11.5 Å². The van der Waals surface area contributed by atoms with E-state index in [2.05, 4.69) is 0 Å². The quantitative estimate of drug-likeness (QED) is 0.101. The number of hydrogen-bond acceptors (Lipinski definition) is 4. The zero-order valence-corrected chi connectivity index (χ0v) is 30.9. The summed E-state index contributed by atoms with van der Waals surface area (Å²) < 4.78 is 26.2. The molecule has 0 spiro atoms. The zero-order chi connectivity index (χ0) is 32.0. The van der Waals surface area contributed by atoms with E-state index in [1.165, 1.54) is 0 Å². The number of rotatable bonds is 8. The lowest BCUT2D eigenvalue weighted by Gasteiger charge is -2.32. The van der Waals surface area contributed by atoms with Gasteiger partial charge in [0.25, 0.3) is 0 Å². The van der Waals surface area contributed by atoms with Crippen LogP contribution in [-0.2, 0) is 0 Å². The maximum absolute atomic E-state index is 6.62. The van der Waals surface area contributed by atoms with Gasteiger partial charge in [0.2, 0.25) is 0 Å². The summed E-state index contributed by atoms with van der Waals surface area (Å²) in [7, 11) is -4.79. The molecule has 0 bridgehead atoms. The summed E-state index contributed by atoms with van der Waals surface area (Å²) in [6.07, 6.45) is 0. The Morgan fingerprint density at radius 3 is 0.814 bits per heavy atom. The van der Waals surface area contributed by atoms with Crippen molar-refractivity contribution in [3.63, 3.8) is 0 Å². The smallest absolute Gasteiger partial charge is 0.452 e. The van der Waals surface area contributed by atoms with Crippen molar-refractivity contribution in [3.05, 3.63) is 109 Å². The molecule has 0 heterocycles. The van der Waals surface area contributed by atoms with Gasteiger partial charge in [0, 0.05) is 0 Å². The maximum atomic E-state index is 6.62. The highest BCUT2D eigenvalue weighted by molar-refractivity contribution is 6.61. The van der Waals surface area contributed by atoms with Gasteiger partial charge in [0.1, 0.15) is 31.6 Å². The van der Waals surface area contributed by atoms with Gasteiger partial charge in [0.05, 0.1) is 30.1 Å². The summed E-state index contributed by atoms with van der Waals surface area (Å²) in [5.41, 5.74) is 2.84. The number of para-hydroxylation sites is 2. The van der Waals surface area contributed by atoms with Gasteiger partial charge in [-0.25, -0.2) is 0 Å². The molecule has 0 aliphatic carbocycles. The van der Waals surface area contributed by atoms with Crippen LogP contribution < -0.4 is 17.7 Å². The molecule has 0 saturated carbocycles. The van der Waals surface area contributed by atoms with E-state index in [0.29, 0.717) is 33.8 Å². The van der Waals surface area contributed by atoms with Crippen LogP contribution in [0.2, 0.25) is 50.2 Å². The van der Waals surface area contributed by atoms with Crippen molar-refractivity contribution in [2.24, 2.45) is 0 Å². The Morgan fingerprint density at radius 1 is 0.349 bits per heavy atom. The summed E-state index contributed by atoms with van der Waals surface area (Å²) in [5.74, 6) is 0.227. The molecular formula is C28H18Cl10O4Si. The molecule has 0 aliphatic heterocycles. The molecule has 0 N–H and O–H groups in total. The van der Waals surface area contributed by atoms with E-state index < -0.39 is 9.05 Å². The lowest BCUT2D eigenvalue weighted by molar-refractivity contribution is 0.159. The molecule has 0 aliphatic rings. The van der Waals surface area contributed by atoms with Crippen molar-refractivity contribution in [2.75, 3.05) is 0 Å². The number of aryl methyl sites for hydroxylation is 4. The van der Waals surface area contributed by atoms with E-state index in [-0.39, 0.29) is 61.7 Å². The van der Waals surface area contributed by atoms with Crippen molar-refractivity contribution in [2.45, 2.75) is 27.7 Å². The average Bonchev–Trinajstić information content (AvgIpc) is 2.97. The number of benzene rings is 4. The Kier molecular flexibility index (Phi) is 11.3. The van der Waals surface area contributed by atoms with Gasteiger partial charge < -0.3 is 17.7 Å². The Bertz CT molecular complexity index is 1520. The molecule has 15 heteroatoms. The van der Waals surface area contributed by atoms with Gasteiger partial charge in [-0.05, 0) is 49.9 Å². The molecule has 4 rings (SSSR count). The summed E-state index contributed by atoms with van der Waals surface area (Å²) >= 11 is 64.5. The lowest BCUT2D eigenvalue weighted by atomic mass is 10.1. The lowest BCUT2D eigenvalue weighted by Crippen LogP contribution is -2.61. The second-order valence-electron chi connectivity index (χ2n) is 9.15. The zero-order valence-electron chi connectivity index (χ0n) is 22.4. The normalized spacial score (nSPS) is 11.5. The van der Waals surface area contributed by atoms with Crippen molar-refractivity contribution in [1.82, 2.24) is 0 Å². The summed E-state index contributed by atoms with van der Waals surface area (Å²) in [5, 5.41) is -1.50. The summed E-state index contributed by atoms with van der Waals surface area (Å²) in [6, 6.07) is 11.0. The summed E-state index contributed by atoms with van der Waals surface area (Å²) in [4.78, 5) is 0. The largest absolute Gasteiger partial charge is 0.967 e. The van der Waals surface area contributed by atoms with Gasteiger partial charge in [-0.2, -0.15) is 0 Å². The Labute approximate surface area is 299 Å². The van der Waals surface area contributed by atoms with E-state index in [0.717, 1.165) is 0 Å². The molecule has 0 radical (unpaired) electrons. The molecule has 0 amide bonds. The van der Waals surface area contributed by atoms with Crippen LogP contribution >= 0.6 is 116 Å². The van der Waals surface area contributed by atoms with Gasteiger partial charge in [-0.3, -0.25) is 0 Å². The number of halogens is 10. The standard InChI is InChI=1S/C28H18Cl10O4Si/c1-11-7-5-8-12(2)25(11)39-43(40-26-13(3)9-6-10-14(26)4,41-27-21(35)17(31)15(29)18(32)22(27)36)42-28-23(37)19(33)16(30)20(34)24(28)38/h5-10H,1-4H3. The van der Waals surface area contributed by atoms with Crippen LogP contribution in [-0.4, -0.2) is 9.05 Å². The minimum atomic E-state index is -4.79. The van der Waals surface area contributed by atoms with Crippen LogP contribution in [0.5, 0.6) is 23.0 Å². The first-order valence-electron chi connectivity index (χ1n) is 12.0. The molecule has 0 unspecified atom stereocenters. The van der Waals surface area contributed by atoms with Crippen molar-refractivity contribution in [3.8, 4) is 23.0 Å². The third-order valence-electron chi connectivity index (χ3n) is 6.06. The predicted octanol–water partition coefficient (Wildman–Crippen LogP) is 13.5. The molecule has 228 valence electrons. The second-order valence-corrected chi connectivity index (χ2v) is 14.7. The highest BCUT2D eigenvalue weighted by atomic mass is 35.5. The molecule has 43 heavy (non-hydrogen) atoms. The third kappa shape index (κ3) is 6.98. The van der Waals surface area contributed by atoms with Gasteiger partial charge in [-0.15, -0.1) is 0 Å². The van der Waals surface area contributed by atoms with Crippen LogP contribution in [0.3, 0.4) is 0 Å². The molecule has 4 aromatic rings. The highest BCUT2D eigenvalue weighted by Gasteiger charge is 2.61. The van der Waals surface area contributed by atoms with Gasteiger partial charge >= 0.3 is 9.05 Å². The third-order valence-corrected chi connectivity index (χ3v) is 12.4. The SMILES string of the molecule is Cc1cccc(C)c1O[Si](Oc1c(C)cccc1C)(Oc1c(Cl)c(Cl)c(Cl)c(Cl)c1Cl)Oc1c(Cl)c(Cl)c(Cl)c(Cl)c1Cl. The van der Waals surface area contributed by atoms with Crippen LogP contribution in [0, 0.1) is 27.7 Å². The minimum Gasteiger partial charge on any atom is -0.452 e. The molecular weight excluding hydrogens is 783 g/mol. The van der Waals surface area contributed by atoms with Crippen LogP contribution in [0.25, 0.3) is 0 Å². The fourth-order valence-corrected chi connectivity index (χ4v) is 8.85. The van der Waals surface area contributed by atoms with E-state index in [4.69, 9.17) is 134 Å². The summed E-state index contributed by atoms with van der Waals surface area (Å²) in [6.45, 7) is 7.30. The Balaban J connectivity index is 2.10. The highest BCUT2D eigenvalue weighted by Crippen LogP contribution is 2.52. The fourth-order valence-electron chi connectivity index (χ4n) is 3.89. The molecule has 4 nitrogen and oxygen atoms in total. The fraction of sp³-hybridized carbons (Fsp3) is 0.143. The second kappa shape index (κ2) is 13.9. The van der Waals surface area contributed by atoms with Gasteiger partial charge in [-0.1, -0.05) is 152 Å². The first-order chi connectivity index (χ1) is 20.1. The molecule has 0 saturated heterocycles. The topological polar surface area (TPSA) is 36.9 Å². The molecule has 0 fully saturated rings. The van der Waals surface area contributed by atoms with Crippen LogP contribution in [0.15, 0.2) is 36.4 Å². The first kappa shape index (κ1) is 35.1. The molecule has 4 aromatic carbocycles. The minimum absolute atomic E-state index is 0.0902. The van der Waals surface area contributed by atoms with E-state index >= 15 is 0 Å². The van der Waals surface area contributed by atoms with E-state index in [1.54, 1.807) is 0 Å². The van der Waals surface area contributed by atoms with E-state index in [1.807, 2.05) is 64.1 Å². The first-order valence-corrected chi connectivity index (χ1v) is 17.4. The maximum Gasteiger partial charge on any atom is 0.967 e. The van der Waals surface area contributed by atoms with E-state index in [9.17, 15) is 0 Å². The average molecular weight is 801 g/mol. The molecule has 0 aromatic heterocycles. The van der Waals surface area contributed by atoms with Crippen molar-refractivity contribution >= 4 is 125 Å². The predicted molar refractivity (Wildman–Crippen MR) is 183 cm³/mol. The number of hydrogen-bond donors (Lipinski definition) is 0. The van der Waals surface area contributed by atoms with Crippen molar-refractivity contribution < 1.29 is 17.7 Å². The van der Waals surface area contributed by atoms with Crippen LogP contribution in [0.1, 0.15) is 22.3 Å². The van der Waals surface area contributed by atoms with Crippen LogP contribution in [0.4, 0.5) is 0 Å². The Hall–Kier alpha value is -0.803. The van der Waals surface area contributed by atoms with Crippen molar-refractivity contribution in [1.29, 1.82) is 0 Å². The molecule has 0 atom stereocenters. The monoisotopic (exact) mass is 796 g/mol. The Morgan fingerprint density at radius 2 is 0.558 bits per heavy atom.